The van der Waals surface area contributed by atoms with Crippen molar-refractivity contribution in [3.05, 3.63) is 64.0 Å². The molecule has 1 heterocycles. The van der Waals surface area contributed by atoms with Gasteiger partial charge in [0.25, 0.3) is 11.6 Å². The molecule has 25 heavy (non-hydrogen) atoms. The number of amides is 1. The Morgan fingerprint density at radius 3 is 2.64 bits per heavy atom. The van der Waals surface area contributed by atoms with Gasteiger partial charge in [-0.2, -0.15) is 0 Å². The summed E-state index contributed by atoms with van der Waals surface area (Å²) in [6.45, 7) is 1.63. The fraction of sp³-hybridized carbons (Fsp3) is 0.118. The quantitative estimate of drug-likeness (QED) is 0.578. The van der Waals surface area contributed by atoms with Gasteiger partial charge in [-0.15, -0.1) is 0 Å². The fourth-order valence-corrected chi connectivity index (χ4v) is 2.39. The van der Waals surface area contributed by atoms with E-state index in [9.17, 15) is 14.9 Å². The number of nitrogens with one attached hydrogen (secondary N) is 1. The van der Waals surface area contributed by atoms with Crippen LogP contribution in [0.4, 0.5) is 11.4 Å². The molecule has 0 aliphatic rings. The van der Waals surface area contributed by atoms with Crippen LogP contribution < -0.4 is 10.1 Å². The number of benzene rings is 2. The van der Waals surface area contributed by atoms with Crippen molar-refractivity contribution >= 4 is 28.3 Å². The van der Waals surface area contributed by atoms with Crippen LogP contribution in [0, 0.1) is 17.0 Å². The van der Waals surface area contributed by atoms with E-state index in [1.54, 1.807) is 31.2 Å². The Bertz CT molecular complexity index is 988. The monoisotopic (exact) mass is 338 g/mol. The number of rotatable bonds is 4. The van der Waals surface area contributed by atoms with Crippen LogP contribution in [0.1, 0.15) is 16.2 Å². The van der Waals surface area contributed by atoms with Gasteiger partial charge in [-0.05, 0) is 25.1 Å². The Kier molecular flexibility index (Phi) is 4.25. The van der Waals surface area contributed by atoms with E-state index < -0.39 is 10.8 Å². The number of carbonyl (C=O) groups is 1. The topological polar surface area (TPSA) is 107 Å². The van der Waals surface area contributed by atoms with Gasteiger partial charge < -0.3 is 10.1 Å². The molecule has 0 atom stereocenters. The molecule has 0 spiro atoms. The molecule has 8 nitrogen and oxygen atoms in total. The van der Waals surface area contributed by atoms with Crippen LogP contribution in [-0.4, -0.2) is 27.9 Å². The van der Waals surface area contributed by atoms with Crippen LogP contribution in [0.25, 0.3) is 11.0 Å². The molecule has 0 aliphatic carbocycles. The Labute approximate surface area is 142 Å². The van der Waals surface area contributed by atoms with Crippen LogP contribution in [-0.2, 0) is 0 Å². The molecule has 0 radical (unpaired) electrons. The van der Waals surface area contributed by atoms with Gasteiger partial charge in [0.2, 0.25) is 0 Å². The fourth-order valence-electron chi connectivity index (χ4n) is 2.39. The molecule has 0 aliphatic heterocycles. The van der Waals surface area contributed by atoms with Gasteiger partial charge in [-0.3, -0.25) is 14.9 Å². The van der Waals surface area contributed by atoms with Gasteiger partial charge in [0.15, 0.2) is 0 Å². The Balaban J connectivity index is 1.97. The number of nitro groups is 1. The average molecular weight is 338 g/mol. The van der Waals surface area contributed by atoms with E-state index in [2.05, 4.69) is 15.3 Å². The molecule has 0 bridgehead atoms. The first-order chi connectivity index (χ1) is 12.0. The maximum absolute atomic E-state index is 12.5. The van der Waals surface area contributed by atoms with Crippen molar-refractivity contribution in [2.45, 2.75) is 6.92 Å². The van der Waals surface area contributed by atoms with Gasteiger partial charge in [-0.25, -0.2) is 9.97 Å². The first-order valence-electron chi connectivity index (χ1n) is 7.37. The molecule has 2 aromatic carbocycles. The maximum Gasteiger partial charge on any atom is 0.276 e. The standard InChI is InChI=1S/C17H14N4O4/c1-10-16(17(22)20-13-5-3-4-6-15(13)25-2)19-12-8-7-11(21(23)24)9-14(12)18-10/h3-9H,1-2H3,(H,20,22). The molecular formula is C17H14N4O4. The zero-order valence-corrected chi connectivity index (χ0v) is 13.5. The largest absolute Gasteiger partial charge is 0.495 e. The van der Waals surface area contributed by atoms with E-state index in [0.29, 0.717) is 28.2 Å². The number of aryl methyl sites for hydroxylation is 1. The lowest BCUT2D eigenvalue weighted by Gasteiger charge is -2.11. The molecule has 3 rings (SSSR count). The normalized spacial score (nSPS) is 10.5. The van der Waals surface area contributed by atoms with Crippen molar-refractivity contribution in [3.63, 3.8) is 0 Å². The molecule has 1 aromatic heterocycles. The van der Waals surface area contributed by atoms with Crippen molar-refractivity contribution in [2.75, 3.05) is 12.4 Å². The van der Waals surface area contributed by atoms with Gasteiger partial charge >= 0.3 is 0 Å². The minimum Gasteiger partial charge on any atom is -0.495 e. The summed E-state index contributed by atoms with van der Waals surface area (Å²) in [5.74, 6) is 0.0904. The minimum atomic E-state index is -0.501. The smallest absolute Gasteiger partial charge is 0.276 e. The van der Waals surface area contributed by atoms with Gasteiger partial charge in [0, 0.05) is 12.1 Å². The van der Waals surface area contributed by atoms with Crippen LogP contribution in [0.3, 0.4) is 0 Å². The summed E-state index contributed by atoms with van der Waals surface area (Å²) in [6.07, 6.45) is 0. The number of fused-ring (bicyclic) bond motifs is 1. The number of methoxy groups -OCH3 is 1. The SMILES string of the molecule is COc1ccccc1NC(=O)c1nc2ccc([N+](=O)[O-])cc2nc1C. The zero-order valence-electron chi connectivity index (χ0n) is 13.5. The summed E-state index contributed by atoms with van der Waals surface area (Å²) in [5, 5.41) is 13.6. The Morgan fingerprint density at radius 2 is 1.92 bits per heavy atom. The molecule has 3 aromatic rings. The second-order valence-corrected chi connectivity index (χ2v) is 5.24. The molecule has 0 saturated carbocycles. The van der Waals surface area contributed by atoms with Crippen LogP contribution in [0.2, 0.25) is 0 Å². The summed E-state index contributed by atoms with van der Waals surface area (Å²) in [4.78, 5) is 31.4. The van der Waals surface area contributed by atoms with Gasteiger partial charge in [0.1, 0.15) is 11.4 Å². The van der Waals surface area contributed by atoms with Crippen molar-refractivity contribution in [2.24, 2.45) is 0 Å². The first kappa shape index (κ1) is 16.3. The number of nitrogens with zero attached hydrogens (tertiary/aromatic N) is 3. The molecule has 1 amide bonds. The van der Waals surface area contributed by atoms with E-state index in [0.717, 1.165) is 0 Å². The van der Waals surface area contributed by atoms with Gasteiger partial charge in [-0.1, -0.05) is 12.1 Å². The third kappa shape index (κ3) is 3.23. The van der Waals surface area contributed by atoms with E-state index >= 15 is 0 Å². The van der Waals surface area contributed by atoms with Crippen molar-refractivity contribution in [1.29, 1.82) is 0 Å². The number of non-ortho nitro benzene ring substituents is 1. The number of carbonyl (C=O) groups excluding carboxylic acids is 1. The Morgan fingerprint density at radius 1 is 1.16 bits per heavy atom. The number of anilines is 1. The highest BCUT2D eigenvalue weighted by atomic mass is 16.6. The number of hydrogen-bond donors (Lipinski definition) is 1. The minimum absolute atomic E-state index is 0.0765. The summed E-state index contributed by atoms with van der Waals surface area (Å²) in [7, 11) is 1.51. The van der Waals surface area contributed by atoms with Crippen LogP contribution >= 0.6 is 0 Å². The predicted molar refractivity (Wildman–Crippen MR) is 91.9 cm³/mol. The lowest BCUT2D eigenvalue weighted by molar-refractivity contribution is -0.384. The molecule has 0 fully saturated rings. The number of aromatic nitrogens is 2. The maximum atomic E-state index is 12.5. The van der Waals surface area contributed by atoms with E-state index in [-0.39, 0.29) is 11.4 Å². The van der Waals surface area contributed by atoms with E-state index in [4.69, 9.17) is 4.74 Å². The molecule has 0 unspecified atom stereocenters. The summed E-state index contributed by atoms with van der Waals surface area (Å²) < 4.78 is 5.20. The highest BCUT2D eigenvalue weighted by Gasteiger charge is 2.17. The molecular weight excluding hydrogens is 324 g/mol. The third-order valence-corrected chi connectivity index (χ3v) is 3.60. The molecule has 8 heteroatoms. The second kappa shape index (κ2) is 6.52. The van der Waals surface area contributed by atoms with Crippen LogP contribution in [0.5, 0.6) is 5.75 Å². The third-order valence-electron chi connectivity index (χ3n) is 3.60. The summed E-state index contributed by atoms with van der Waals surface area (Å²) >= 11 is 0. The van der Waals surface area contributed by atoms with E-state index in [1.807, 2.05) is 0 Å². The Hall–Kier alpha value is -3.55. The van der Waals surface area contributed by atoms with Crippen molar-refractivity contribution in [3.8, 4) is 5.75 Å². The van der Waals surface area contributed by atoms with Crippen molar-refractivity contribution < 1.29 is 14.5 Å². The molecule has 126 valence electrons. The number of nitro benzene ring substituents is 1. The highest BCUT2D eigenvalue weighted by Crippen LogP contribution is 2.24. The summed E-state index contributed by atoms with van der Waals surface area (Å²) in [6, 6.07) is 11.1. The van der Waals surface area contributed by atoms with Crippen molar-refractivity contribution in [1.82, 2.24) is 9.97 Å². The van der Waals surface area contributed by atoms with Gasteiger partial charge in [0.05, 0.1) is 34.4 Å². The number of ether oxygens (including phenoxy) is 1. The lowest BCUT2D eigenvalue weighted by Crippen LogP contribution is -2.16. The predicted octanol–water partition coefficient (Wildman–Crippen LogP) is 3.11. The number of para-hydroxylation sites is 2. The summed E-state index contributed by atoms with van der Waals surface area (Å²) in [5.41, 5.74) is 1.72. The highest BCUT2D eigenvalue weighted by molar-refractivity contribution is 6.05. The molecule has 0 saturated heterocycles. The zero-order chi connectivity index (χ0) is 18.0. The van der Waals surface area contributed by atoms with E-state index in [1.165, 1.54) is 25.3 Å². The molecule has 1 N–H and O–H groups in total. The average Bonchev–Trinajstić information content (AvgIpc) is 2.60. The second-order valence-electron chi connectivity index (χ2n) is 5.24. The van der Waals surface area contributed by atoms with Crippen LogP contribution in [0.15, 0.2) is 42.5 Å². The number of hydrogen-bond acceptors (Lipinski definition) is 6. The first-order valence-corrected chi connectivity index (χ1v) is 7.37. The lowest BCUT2D eigenvalue weighted by atomic mass is 10.2.